The highest BCUT2D eigenvalue weighted by molar-refractivity contribution is 5.96. The van der Waals surface area contributed by atoms with Crippen LogP contribution in [0.5, 0.6) is 5.88 Å². The first-order valence-corrected chi connectivity index (χ1v) is 7.60. The van der Waals surface area contributed by atoms with Gasteiger partial charge in [-0.25, -0.2) is 4.98 Å². The van der Waals surface area contributed by atoms with Crippen LogP contribution in [0.3, 0.4) is 0 Å². The van der Waals surface area contributed by atoms with Crippen molar-refractivity contribution in [2.45, 2.75) is 33.3 Å². The van der Waals surface area contributed by atoms with Gasteiger partial charge in [-0.15, -0.1) is 0 Å². The minimum Gasteiger partial charge on any atom is -0.474 e. The maximum atomic E-state index is 12.6. The Morgan fingerprint density at radius 1 is 1.52 bits per heavy atom. The molecule has 0 bridgehead atoms. The number of carbonyl (C=O) groups excluding carboxylic acids is 1. The van der Waals surface area contributed by atoms with Crippen LogP contribution in [0.2, 0.25) is 0 Å². The molecular weight excluding hydrogens is 268 g/mol. The second-order valence-electron chi connectivity index (χ2n) is 5.59. The summed E-state index contributed by atoms with van der Waals surface area (Å²) in [6, 6.07) is 3.55. The second-order valence-corrected chi connectivity index (χ2v) is 5.59. The number of hydrogen-bond donors (Lipinski definition) is 0. The van der Waals surface area contributed by atoms with Gasteiger partial charge in [-0.3, -0.25) is 4.79 Å². The van der Waals surface area contributed by atoms with Crippen molar-refractivity contribution in [1.29, 1.82) is 0 Å². The number of nitrogens with zero attached hydrogens (tertiary/aromatic N) is 2. The van der Waals surface area contributed by atoms with Crippen LogP contribution in [0.25, 0.3) is 0 Å². The van der Waals surface area contributed by atoms with Gasteiger partial charge in [-0.05, 0) is 39.3 Å². The van der Waals surface area contributed by atoms with Crippen molar-refractivity contribution < 1.29 is 14.3 Å². The van der Waals surface area contributed by atoms with Crippen molar-refractivity contribution in [1.82, 2.24) is 9.88 Å². The third-order valence-corrected chi connectivity index (χ3v) is 3.48. The zero-order valence-corrected chi connectivity index (χ0v) is 13.0. The topological polar surface area (TPSA) is 51.7 Å². The summed E-state index contributed by atoms with van der Waals surface area (Å²) in [5.74, 6) is 0.851. The molecule has 0 spiro atoms. The molecule has 1 aliphatic rings. The van der Waals surface area contributed by atoms with Crippen LogP contribution >= 0.6 is 0 Å². The van der Waals surface area contributed by atoms with Crippen molar-refractivity contribution in [3.05, 3.63) is 23.9 Å². The molecule has 1 saturated heterocycles. The summed E-state index contributed by atoms with van der Waals surface area (Å²) in [6.45, 7) is 8.81. The van der Waals surface area contributed by atoms with Crippen LogP contribution in [-0.4, -0.2) is 48.2 Å². The number of amides is 1. The molecule has 116 valence electrons. The van der Waals surface area contributed by atoms with Gasteiger partial charge >= 0.3 is 0 Å². The molecule has 1 amide bonds. The monoisotopic (exact) mass is 292 g/mol. The Hall–Kier alpha value is -1.62. The molecule has 0 N–H and O–H groups in total. The molecule has 0 radical (unpaired) electrons. The predicted molar refractivity (Wildman–Crippen MR) is 80.5 cm³/mol. The van der Waals surface area contributed by atoms with Crippen LogP contribution in [-0.2, 0) is 4.74 Å². The van der Waals surface area contributed by atoms with Crippen molar-refractivity contribution in [2.75, 3.05) is 26.3 Å². The Kier molecular flexibility index (Phi) is 5.56. The number of hydrogen-bond acceptors (Lipinski definition) is 4. The average molecular weight is 292 g/mol. The summed E-state index contributed by atoms with van der Waals surface area (Å²) in [5, 5.41) is 0. The molecule has 0 saturated carbocycles. The van der Waals surface area contributed by atoms with Crippen LogP contribution in [0.1, 0.15) is 37.6 Å². The fourth-order valence-electron chi connectivity index (χ4n) is 2.48. The molecule has 1 aliphatic heterocycles. The number of pyridine rings is 1. The molecule has 21 heavy (non-hydrogen) atoms. The van der Waals surface area contributed by atoms with Crippen molar-refractivity contribution in [3.8, 4) is 5.88 Å². The zero-order valence-electron chi connectivity index (χ0n) is 13.0. The summed E-state index contributed by atoms with van der Waals surface area (Å²) in [6.07, 6.45) is 2.64. The molecule has 1 fully saturated rings. The molecule has 0 aromatic carbocycles. The summed E-state index contributed by atoms with van der Waals surface area (Å²) in [5.41, 5.74) is 0.545. The number of aromatic nitrogens is 1. The average Bonchev–Trinajstić information content (AvgIpc) is 2.93. The third kappa shape index (κ3) is 4.17. The molecule has 1 unspecified atom stereocenters. The summed E-state index contributed by atoms with van der Waals surface area (Å²) >= 11 is 0. The summed E-state index contributed by atoms with van der Waals surface area (Å²) < 4.78 is 11.1. The lowest BCUT2D eigenvalue weighted by molar-refractivity contribution is 0.0755. The van der Waals surface area contributed by atoms with Crippen LogP contribution < -0.4 is 4.74 Å². The number of carbonyl (C=O) groups is 1. The molecular formula is C16H24N2O3. The zero-order chi connectivity index (χ0) is 15.2. The Labute approximate surface area is 126 Å². The highest BCUT2D eigenvalue weighted by Crippen LogP contribution is 2.23. The number of likely N-dealkylation sites (tertiary alicyclic amines) is 1. The first kappa shape index (κ1) is 15.8. The van der Waals surface area contributed by atoms with E-state index in [1.165, 1.54) is 0 Å². The van der Waals surface area contributed by atoms with E-state index in [9.17, 15) is 4.79 Å². The standard InChI is InChI=1S/C16H24N2O3/c1-4-20-11-13-7-9-18(10-13)16(19)14-6-5-8-17-15(14)21-12(2)3/h5-6,8,12-13H,4,7,9-11H2,1-3H3. The molecule has 1 atom stereocenters. The van der Waals surface area contributed by atoms with Gasteiger partial charge in [-0.2, -0.15) is 0 Å². The lowest BCUT2D eigenvalue weighted by Gasteiger charge is -2.19. The molecule has 0 aliphatic carbocycles. The highest BCUT2D eigenvalue weighted by Gasteiger charge is 2.29. The fourth-order valence-corrected chi connectivity index (χ4v) is 2.48. The normalized spacial score (nSPS) is 18.3. The number of ether oxygens (including phenoxy) is 2. The van der Waals surface area contributed by atoms with E-state index in [0.29, 0.717) is 17.4 Å². The van der Waals surface area contributed by atoms with E-state index in [-0.39, 0.29) is 12.0 Å². The maximum absolute atomic E-state index is 12.6. The smallest absolute Gasteiger partial charge is 0.259 e. The highest BCUT2D eigenvalue weighted by atomic mass is 16.5. The fraction of sp³-hybridized carbons (Fsp3) is 0.625. The first-order valence-electron chi connectivity index (χ1n) is 7.60. The quantitative estimate of drug-likeness (QED) is 0.807. The van der Waals surface area contributed by atoms with Crippen molar-refractivity contribution in [2.24, 2.45) is 5.92 Å². The van der Waals surface area contributed by atoms with Gasteiger partial charge < -0.3 is 14.4 Å². The van der Waals surface area contributed by atoms with Gasteiger partial charge in [0.15, 0.2) is 0 Å². The molecule has 5 heteroatoms. The van der Waals surface area contributed by atoms with Crippen LogP contribution in [0.4, 0.5) is 0 Å². The Balaban J connectivity index is 2.04. The van der Waals surface area contributed by atoms with Crippen molar-refractivity contribution in [3.63, 3.8) is 0 Å². The molecule has 1 aromatic rings. The van der Waals surface area contributed by atoms with Gasteiger partial charge in [-0.1, -0.05) is 0 Å². The van der Waals surface area contributed by atoms with Crippen LogP contribution in [0.15, 0.2) is 18.3 Å². The molecule has 1 aromatic heterocycles. The lowest BCUT2D eigenvalue weighted by atomic mass is 10.1. The predicted octanol–water partition coefficient (Wildman–Crippen LogP) is 2.37. The molecule has 2 rings (SSSR count). The van der Waals surface area contributed by atoms with E-state index in [4.69, 9.17) is 9.47 Å². The Morgan fingerprint density at radius 2 is 2.33 bits per heavy atom. The van der Waals surface area contributed by atoms with Crippen LogP contribution in [0, 0.1) is 5.92 Å². The minimum atomic E-state index is -0.00395. The Bertz CT molecular complexity index is 476. The first-order chi connectivity index (χ1) is 10.1. The van der Waals surface area contributed by atoms with E-state index in [1.54, 1.807) is 18.3 Å². The third-order valence-electron chi connectivity index (χ3n) is 3.48. The van der Waals surface area contributed by atoms with Gasteiger partial charge in [0.25, 0.3) is 5.91 Å². The van der Waals surface area contributed by atoms with E-state index < -0.39 is 0 Å². The SMILES string of the molecule is CCOCC1CCN(C(=O)c2cccnc2OC(C)C)C1. The van der Waals surface area contributed by atoms with Gasteiger partial charge in [0.1, 0.15) is 5.56 Å². The summed E-state index contributed by atoms with van der Waals surface area (Å²) in [7, 11) is 0. The van der Waals surface area contributed by atoms with E-state index >= 15 is 0 Å². The molecule has 2 heterocycles. The summed E-state index contributed by atoms with van der Waals surface area (Å²) in [4.78, 5) is 18.7. The van der Waals surface area contributed by atoms with Crippen molar-refractivity contribution >= 4 is 5.91 Å². The lowest BCUT2D eigenvalue weighted by Crippen LogP contribution is -2.30. The van der Waals surface area contributed by atoms with E-state index in [1.807, 2.05) is 25.7 Å². The minimum absolute atomic E-state index is 0.00208. The van der Waals surface area contributed by atoms with E-state index in [0.717, 1.165) is 32.7 Å². The largest absolute Gasteiger partial charge is 0.474 e. The number of rotatable bonds is 6. The van der Waals surface area contributed by atoms with E-state index in [2.05, 4.69) is 4.98 Å². The van der Waals surface area contributed by atoms with Gasteiger partial charge in [0.05, 0.1) is 12.7 Å². The molecule has 5 nitrogen and oxygen atoms in total. The van der Waals surface area contributed by atoms with Gasteiger partial charge in [0.2, 0.25) is 5.88 Å². The van der Waals surface area contributed by atoms with Gasteiger partial charge in [0, 0.05) is 31.8 Å². The second kappa shape index (κ2) is 7.41. The Morgan fingerprint density at radius 3 is 3.05 bits per heavy atom. The maximum Gasteiger partial charge on any atom is 0.259 e.